The summed E-state index contributed by atoms with van der Waals surface area (Å²) in [7, 11) is 0. The minimum Gasteiger partial charge on any atom is -0.356 e. The SMILES string of the molecule is O=C(CCN1CCCCC1)c1cc(-c2ccccc2)on1. The molecular formula is C17H20N2O2. The second kappa shape index (κ2) is 6.68. The van der Waals surface area contributed by atoms with Crippen LogP contribution in [0, 0.1) is 0 Å². The molecule has 1 aromatic carbocycles. The summed E-state index contributed by atoms with van der Waals surface area (Å²) in [6.07, 6.45) is 4.32. The van der Waals surface area contributed by atoms with Crippen molar-refractivity contribution >= 4 is 5.78 Å². The summed E-state index contributed by atoms with van der Waals surface area (Å²) in [5, 5.41) is 3.91. The number of rotatable bonds is 5. The number of Topliss-reactive ketones (excluding diaryl/α,β-unsaturated/α-hetero) is 1. The Hall–Kier alpha value is -1.94. The zero-order chi connectivity index (χ0) is 14.5. The lowest BCUT2D eigenvalue weighted by atomic mass is 10.1. The molecule has 1 aliphatic heterocycles. The van der Waals surface area contributed by atoms with Crippen LogP contribution in [0.2, 0.25) is 0 Å². The van der Waals surface area contributed by atoms with Crippen molar-refractivity contribution in [1.82, 2.24) is 10.1 Å². The molecule has 0 radical (unpaired) electrons. The van der Waals surface area contributed by atoms with Gasteiger partial charge in [0.1, 0.15) is 5.69 Å². The van der Waals surface area contributed by atoms with E-state index in [1.165, 1.54) is 19.3 Å². The van der Waals surface area contributed by atoms with E-state index in [-0.39, 0.29) is 5.78 Å². The fourth-order valence-corrected chi connectivity index (χ4v) is 2.72. The lowest BCUT2D eigenvalue weighted by Crippen LogP contribution is -2.31. The molecule has 0 unspecified atom stereocenters. The van der Waals surface area contributed by atoms with Crippen LogP contribution in [0.25, 0.3) is 11.3 Å². The van der Waals surface area contributed by atoms with Gasteiger partial charge in [0.15, 0.2) is 11.5 Å². The second-order valence-electron chi connectivity index (χ2n) is 5.52. The first-order valence-electron chi connectivity index (χ1n) is 7.60. The van der Waals surface area contributed by atoms with E-state index in [1.54, 1.807) is 6.07 Å². The predicted octanol–water partition coefficient (Wildman–Crippen LogP) is 3.40. The Kier molecular flexibility index (Phi) is 4.46. The van der Waals surface area contributed by atoms with E-state index in [1.807, 2.05) is 30.3 Å². The fourth-order valence-electron chi connectivity index (χ4n) is 2.72. The van der Waals surface area contributed by atoms with E-state index >= 15 is 0 Å². The summed E-state index contributed by atoms with van der Waals surface area (Å²) < 4.78 is 5.28. The van der Waals surface area contributed by atoms with Crippen molar-refractivity contribution in [3.05, 3.63) is 42.1 Å². The monoisotopic (exact) mass is 284 g/mol. The molecule has 1 saturated heterocycles. The Morgan fingerprint density at radius 1 is 1.14 bits per heavy atom. The molecule has 110 valence electrons. The van der Waals surface area contributed by atoms with Gasteiger partial charge >= 0.3 is 0 Å². The smallest absolute Gasteiger partial charge is 0.186 e. The summed E-state index contributed by atoms with van der Waals surface area (Å²) in [6, 6.07) is 11.5. The van der Waals surface area contributed by atoms with E-state index in [4.69, 9.17) is 4.52 Å². The third-order valence-corrected chi connectivity index (χ3v) is 3.96. The molecule has 21 heavy (non-hydrogen) atoms. The minimum absolute atomic E-state index is 0.0616. The summed E-state index contributed by atoms with van der Waals surface area (Å²) in [5.41, 5.74) is 1.38. The van der Waals surface area contributed by atoms with Crippen LogP contribution in [0.15, 0.2) is 40.9 Å². The third-order valence-electron chi connectivity index (χ3n) is 3.96. The zero-order valence-corrected chi connectivity index (χ0v) is 12.1. The first-order chi connectivity index (χ1) is 10.3. The predicted molar refractivity (Wildman–Crippen MR) is 81.2 cm³/mol. The van der Waals surface area contributed by atoms with Crippen molar-refractivity contribution < 1.29 is 9.32 Å². The molecule has 0 N–H and O–H groups in total. The molecule has 0 bridgehead atoms. The summed E-state index contributed by atoms with van der Waals surface area (Å²) >= 11 is 0. The van der Waals surface area contributed by atoms with Gasteiger partial charge in [-0.2, -0.15) is 0 Å². The zero-order valence-electron chi connectivity index (χ0n) is 12.1. The molecule has 2 heterocycles. The van der Waals surface area contributed by atoms with Gasteiger partial charge in [0.25, 0.3) is 0 Å². The Morgan fingerprint density at radius 2 is 1.90 bits per heavy atom. The van der Waals surface area contributed by atoms with E-state index < -0.39 is 0 Å². The van der Waals surface area contributed by atoms with Crippen molar-refractivity contribution in [3.8, 4) is 11.3 Å². The fraction of sp³-hybridized carbons (Fsp3) is 0.412. The summed E-state index contributed by atoms with van der Waals surface area (Å²) in [4.78, 5) is 14.5. The third kappa shape index (κ3) is 3.58. The molecule has 1 aromatic heterocycles. The molecule has 0 spiro atoms. The molecule has 1 fully saturated rings. The number of nitrogens with zero attached hydrogens (tertiary/aromatic N) is 2. The van der Waals surface area contributed by atoms with Crippen LogP contribution < -0.4 is 0 Å². The van der Waals surface area contributed by atoms with Crippen molar-refractivity contribution in [2.75, 3.05) is 19.6 Å². The van der Waals surface area contributed by atoms with Gasteiger partial charge in [-0.3, -0.25) is 4.79 Å². The van der Waals surface area contributed by atoms with Crippen LogP contribution in [0.1, 0.15) is 36.2 Å². The van der Waals surface area contributed by atoms with Crippen LogP contribution in [0.5, 0.6) is 0 Å². The largest absolute Gasteiger partial charge is 0.356 e. The highest BCUT2D eigenvalue weighted by molar-refractivity contribution is 5.95. The highest BCUT2D eigenvalue weighted by Crippen LogP contribution is 2.20. The van der Waals surface area contributed by atoms with Crippen molar-refractivity contribution in [3.63, 3.8) is 0 Å². The topological polar surface area (TPSA) is 46.3 Å². The van der Waals surface area contributed by atoms with E-state index in [9.17, 15) is 4.79 Å². The highest BCUT2D eigenvalue weighted by atomic mass is 16.5. The minimum atomic E-state index is 0.0616. The summed E-state index contributed by atoms with van der Waals surface area (Å²) in [6.45, 7) is 3.05. The number of aromatic nitrogens is 1. The highest BCUT2D eigenvalue weighted by Gasteiger charge is 2.16. The van der Waals surface area contributed by atoms with Crippen LogP contribution in [0.3, 0.4) is 0 Å². The Balaban J connectivity index is 1.59. The average molecular weight is 284 g/mol. The number of ketones is 1. The van der Waals surface area contributed by atoms with Gasteiger partial charge in [-0.1, -0.05) is 41.9 Å². The standard InChI is InChI=1S/C17H20N2O2/c20-16(9-12-19-10-5-2-6-11-19)15-13-17(21-18-15)14-7-3-1-4-8-14/h1,3-4,7-8,13H,2,5-6,9-12H2. The Morgan fingerprint density at radius 3 is 2.67 bits per heavy atom. The van der Waals surface area contributed by atoms with Gasteiger partial charge in [-0.05, 0) is 25.9 Å². The number of benzene rings is 1. The molecule has 3 rings (SSSR count). The molecule has 0 atom stereocenters. The number of likely N-dealkylation sites (tertiary alicyclic amines) is 1. The quantitative estimate of drug-likeness (QED) is 0.789. The van der Waals surface area contributed by atoms with Gasteiger partial charge in [0.2, 0.25) is 0 Å². The first kappa shape index (κ1) is 14.0. The van der Waals surface area contributed by atoms with Crippen molar-refractivity contribution in [2.45, 2.75) is 25.7 Å². The summed E-state index contributed by atoms with van der Waals surface area (Å²) in [5.74, 6) is 0.712. The second-order valence-corrected chi connectivity index (χ2v) is 5.52. The van der Waals surface area contributed by atoms with E-state index in [2.05, 4.69) is 10.1 Å². The molecule has 0 amide bonds. The van der Waals surface area contributed by atoms with Gasteiger partial charge in [-0.25, -0.2) is 0 Å². The van der Waals surface area contributed by atoms with Crippen LogP contribution >= 0.6 is 0 Å². The molecule has 4 nitrogen and oxygen atoms in total. The molecule has 2 aromatic rings. The first-order valence-corrected chi connectivity index (χ1v) is 7.60. The number of carbonyl (C=O) groups excluding carboxylic acids is 1. The van der Waals surface area contributed by atoms with E-state index in [0.717, 1.165) is 25.2 Å². The lowest BCUT2D eigenvalue weighted by Gasteiger charge is -2.25. The van der Waals surface area contributed by atoms with Gasteiger partial charge < -0.3 is 9.42 Å². The van der Waals surface area contributed by atoms with Gasteiger partial charge in [0, 0.05) is 24.6 Å². The number of piperidine rings is 1. The average Bonchev–Trinajstić information content (AvgIpc) is 3.04. The normalized spacial score (nSPS) is 16.0. The Bertz CT molecular complexity index is 586. The van der Waals surface area contributed by atoms with Crippen molar-refractivity contribution in [2.24, 2.45) is 0 Å². The lowest BCUT2D eigenvalue weighted by molar-refractivity contribution is 0.0950. The molecule has 4 heteroatoms. The molecule has 0 saturated carbocycles. The number of carbonyl (C=O) groups is 1. The van der Waals surface area contributed by atoms with E-state index in [0.29, 0.717) is 17.9 Å². The van der Waals surface area contributed by atoms with Gasteiger partial charge in [0.05, 0.1) is 0 Å². The Labute approximate surface area is 124 Å². The van der Waals surface area contributed by atoms with Crippen molar-refractivity contribution in [1.29, 1.82) is 0 Å². The number of hydrogen-bond donors (Lipinski definition) is 0. The molecule has 1 aliphatic rings. The molecular weight excluding hydrogens is 264 g/mol. The maximum absolute atomic E-state index is 12.2. The number of hydrogen-bond acceptors (Lipinski definition) is 4. The van der Waals surface area contributed by atoms with Crippen LogP contribution in [0.4, 0.5) is 0 Å². The molecule has 0 aliphatic carbocycles. The maximum Gasteiger partial charge on any atom is 0.186 e. The van der Waals surface area contributed by atoms with Crippen LogP contribution in [-0.4, -0.2) is 35.5 Å². The van der Waals surface area contributed by atoms with Gasteiger partial charge in [-0.15, -0.1) is 0 Å². The maximum atomic E-state index is 12.2. The van der Waals surface area contributed by atoms with Crippen LogP contribution in [-0.2, 0) is 0 Å².